The Morgan fingerprint density at radius 2 is 2.36 bits per heavy atom. The van der Waals surface area contributed by atoms with Crippen LogP contribution in [0, 0.1) is 6.92 Å². The molecular formula is C7H8O4. The molecular weight excluding hydrogens is 148 g/mol. The molecule has 0 saturated heterocycles. The maximum atomic E-state index is 10.5. The van der Waals surface area contributed by atoms with Crippen molar-refractivity contribution < 1.29 is 19.4 Å². The molecule has 4 nitrogen and oxygen atoms in total. The van der Waals surface area contributed by atoms with Gasteiger partial charge in [-0.05, 0) is 6.92 Å². The smallest absolute Gasteiger partial charge is 0.339 e. The molecule has 0 saturated carbocycles. The van der Waals surface area contributed by atoms with Gasteiger partial charge < -0.3 is 14.6 Å². The summed E-state index contributed by atoms with van der Waals surface area (Å²) >= 11 is 0. The number of furan rings is 1. The van der Waals surface area contributed by atoms with Crippen molar-refractivity contribution in [2.45, 2.75) is 13.5 Å². The molecule has 11 heavy (non-hydrogen) atoms. The van der Waals surface area contributed by atoms with Gasteiger partial charge in [-0.25, -0.2) is 4.79 Å². The number of hydrogen-bond donors (Lipinski definition) is 2. The fourth-order valence-corrected chi connectivity index (χ4v) is 0.908. The lowest BCUT2D eigenvalue weighted by molar-refractivity contribution is 0.0692. The molecule has 0 spiro atoms. The zero-order valence-electron chi connectivity index (χ0n) is 6.00. The Labute approximate surface area is 63.1 Å². The van der Waals surface area contributed by atoms with Crippen LogP contribution in [-0.2, 0) is 6.61 Å². The number of hydrogen-bond acceptors (Lipinski definition) is 3. The van der Waals surface area contributed by atoms with E-state index in [4.69, 9.17) is 14.6 Å². The van der Waals surface area contributed by atoms with Gasteiger partial charge in [-0.3, -0.25) is 0 Å². The minimum Gasteiger partial charge on any atom is -0.478 e. The second-order valence-corrected chi connectivity index (χ2v) is 2.16. The van der Waals surface area contributed by atoms with Crippen molar-refractivity contribution >= 4 is 5.97 Å². The fourth-order valence-electron chi connectivity index (χ4n) is 0.908. The normalized spacial score (nSPS) is 10.0. The fraction of sp³-hybridized carbons (Fsp3) is 0.286. The third-order valence-corrected chi connectivity index (χ3v) is 1.44. The lowest BCUT2D eigenvalue weighted by Gasteiger charge is -1.92. The highest BCUT2D eigenvalue weighted by molar-refractivity contribution is 5.90. The average Bonchev–Trinajstić information content (AvgIpc) is 2.30. The second-order valence-electron chi connectivity index (χ2n) is 2.16. The van der Waals surface area contributed by atoms with E-state index >= 15 is 0 Å². The number of aliphatic hydroxyl groups excluding tert-OH is 1. The van der Waals surface area contributed by atoms with Gasteiger partial charge in [0.25, 0.3) is 0 Å². The second kappa shape index (κ2) is 2.75. The molecule has 0 unspecified atom stereocenters. The summed E-state index contributed by atoms with van der Waals surface area (Å²) in [4.78, 5) is 10.5. The Morgan fingerprint density at radius 1 is 1.73 bits per heavy atom. The first-order chi connectivity index (χ1) is 5.16. The molecule has 1 rings (SSSR count). The van der Waals surface area contributed by atoms with E-state index in [2.05, 4.69) is 0 Å². The lowest BCUT2D eigenvalue weighted by Crippen LogP contribution is -2.00. The van der Waals surface area contributed by atoms with Crippen LogP contribution >= 0.6 is 0 Å². The van der Waals surface area contributed by atoms with Crippen LogP contribution in [0.1, 0.15) is 21.7 Å². The van der Waals surface area contributed by atoms with Crippen LogP contribution in [0.15, 0.2) is 10.7 Å². The maximum Gasteiger partial charge on any atom is 0.339 e. The highest BCUT2D eigenvalue weighted by atomic mass is 16.4. The Kier molecular flexibility index (Phi) is 1.96. The van der Waals surface area contributed by atoms with Crippen LogP contribution in [0.25, 0.3) is 0 Å². The zero-order chi connectivity index (χ0) is 8.43. The predicted molar refractivity (Wildman–Crippen MR) is 36.3 cm³/mol. The van der Waals surface area contributed by atoms with Gasteiger partial charge in [-0.1, -0.05) is 0 Å². The van der Waals surface area contributed by atoms with Gasteiger partial charge in [0, 0.05) is 5.56 Å². The van der Waals surface area contributed by atoms with E-state index < -0.39 is 5.97 Å². The molecule has 1 aromatic rings. The van der Waals surface area contributed by atoms with E-state index in [1.807, 2.05) is 0 Å². The molecule has 1 aromatic heterocycles. The first-order valence-electron chi connectivity index (χ1n) is 3.08. The number of carbonyl (C=O) groups is 1. The summed E-state index contributed by atoms with van der Waals surface area (Å²) in [5, 5.41) is 17.3. The molecule has 2 N–H and O–H groups in total. The molecule has 0 bridgehead atoms. The van der Waals surface area contributed by atoms with Crippen molar-refractivity contribution in [3.05, 3.63) is 23.2 Å². The molecule has 0 aromatic carbocycles. The van der Waals surface area contributed by atoms with Crippen LogP contribution in [-0.4, -0.2) is 16.2 Å². The Hall–Kier alpha value is -1.29. The number of aromatic carboxylic acids is 1. The summed E-state index contributed by atoms with van der Waals surface area (Å²) in [7, 11) is 0. The highest BCUT2D eigenvalue weighted by Gasteiger charge is 2.15. The SMILES string of the molecule is Cc1occ(CO)c1C(=O)O. The van der Waals surface area contributed by atoms with Crippen LogP contribution < -0.4 is 0 Å². The minimum absolute atomic E-state index is 0.0625. The maximum absolute atomic E-state index is 10.5. The van der Waals surface area contributed by atoms with Crippen molar-refractivity contribution in [1.29, 1.82) is 0 Å². The molecule has 0 radical (unpaired) electrons. The molecule has 1 heterocycles. The molecule has 0 atom stereocenters. The molecule has 0 fully saturated rings. The summed E-state index contributed by atoms with van der Waals surface area (Å²) < 4.78 is 4.81. The quantitative estimate of drug-likeness (QED) is 0.663. The van der Waals surface area contributed by atoms with E-state index in [9.17, 15) is 4.79 Å². The molecule has 0 aliphatic heterocycles. The summed E-state index contributed by atoms with van der Waals surface area (Å²) in [5.41, 5.74) is 0.377. The Morgan fingerprint density at radius 3 is 2.73 bits per heavy atom. The molecule has 60 valence electrons. The van der Waals surface area contributed by atoms with Gasteiger partial charge in [-0.15, -0.1) is 0 Å². The van der Waals surface area contributed by atoms with E-state index in [-0.39, 0.29) is 12.2 Å². The Balaban J connectivity index is 3.17. The minimum atomic E-state index is -1.07. The standard InChI is InChI=1S/C7H8O4/c1-4-6(7(9)10)5(2-8)3-11-4/h3,8H,2H2,1H3,(H,9,10). The zero-order valence-corrected chi connectivity index (χ0v) is 6.00. The topological polar surface area (TPSA) is 70.7 Å². The summed E-state index contributed by atoms with van der Waals surface area (Å²) in [6.45, 7) is 1.24. The molecule has 4 heteroatoms. The summed E-state index contributed by atoms with van der Waals surface area (Å²) in [5.74, 6) is -0.748. The van der Waals surface area contributed by atoms with Gasteiger partial charge >= 0.3 is 5.97 Å². The number of rotatable bonds is 2. The number of carboxylic acids is 1. The largest absolute Gasteiger partial charge is 0.478 e. The van der Waals surface area contributed by atoms with E-state index in [0.717, 1.165) is 0 Å². The van der Waals surface area contributed by atoms with Crippen molar-refractivity contribution in [1.82, 2.24) is 0 Å². The van der Waals surface area contributed by atoms with Crippen LogP contribution in [0.5, 0.6) is 0 Å². The van der Waals surface area contributed by atoms with Gasteiger partial charge in [0.15, 0.2) is 0 Å². The van der Waals surface area contributed by atoms with Crippen LogP contribution in [0.2, 0.25) is 0 Å². The molecule has 0 aliphatic carbocycles. The van der Waals surface area contributed by atoms with Crippen molar-refractivity contribution in [3.8, 4) is 0 Å². The first kappa shape index (κ1) is 7.81. The van der Waals surface area contributed by atoms with E-state index in [1.165, 1.54) is 6.26 Å². The lowest BCUT2D eigenvalue weighted by atomic mass is 10.1. The van der Waals surface area contributed by atoms with Gasteiger partial charge in [0.05, 0.1) is 12.9 Å². The summed E-state index contributed by atoms with van der Waals surface area (Å²) in [6, 6.07) is 0. The molecule has 0 aliphatic rings. The number of aliphatic hydroxyl groups is 1. The predicted octanol–water partition coefficient (Wildman–Crippen LogP) is 0.779. The van der Waals surface area contributed by atoms with Crippen LogP contribution in [0.4, 0.5) is 0 Å². The van der Waals surface area contributed by atoms with Gasteiger partial charge in [0.2, 0.25) is 0 Å². The van der Waals surface area contributed by atoms with Gasteiger partial charge in [0.1, 0.15) is 11.3 Å². The Bertz CT molecular complexity index is 274. The van der Waals surface area contributed by atoms with E-state index in [0.29, 0.717) is 11.3 Å². The van der Waals surface area contributed by atoms with Crippen LogP contribution in [0.3, 0.4) is 0 Å². The number of carboxylic acid groups (broad SMARTS) is 1. The monoisotopic (exact) mass is 156 g/mol. The van der Waals surface area contributed by atoms with Crippen molar-refractivity contribution in [3.63, 3.8) is 0 Å². The third-order valence-electron chi connectivity index (χ3n) is 1.44. The van der Waals surface area contributed by atoms with Gasteiger partial charge in [-0.2, -0.15) is 0 Å². The third kappa shape index (κ3) is 1.25. The summed E-state index contributed by atoms with van der Waals surface area (Å²) in [6.07, 6.45) is 1.25. The molecule has 0 amide bonds. The first-order valence-corrected chi connectivity index (χ1v) is 3.08. The van der Waals surface area contributed by atoms with E-state index in [1.54, 1.807) is 6.92 Å². The van der Waals surface area contributed by atoms with Crippen molar-refractivity contribution in [2.75, 3.05) is 0 Å². The highest BCUT2D eigenvalue weighted by Crippen LogP contribution is 2.15. The van der Waals surface area contributed by atoms with Crippen molar-refractivity contribution in [2.24, 2.45) is 0 Å². The average molecular weight is 156 g/mol. The number of aryl methyl sites for hydroxylation is 1.